The zero-order valence-corrected chi connectivity index (χ0v) is 35.1. The summed E-state index contributed by atoms with van der Waals surface area (Å²) in [6.07, 6.45) is 5.50. The van der Waals surface area contributed by atoms with Gasteiger partial charge in [0, 0.05) is 41.6 Å². The molecule has 6 aromatic rings. The third-order valence-corrected chi connectivity index (χ3v) is 12.7. The van der Waals surface area contributed by atoms with Gasteiger partial charge in [0.25, 0.3) is 0 Å². The summed E-state index contributed by atoms with van der Waals surface area (Å²) in [5, 5.41) is 0. The molecule has 2 aliphatic heterocycles. The smallest absolute Gasteiger partial charge is 0.209 e. The molecule has 2 heterocycles. The SMILES string of the molecule is CN1/C(=C/C=C/C2=[N+](C)c3ccccc3C2(C)C)C(C)(C)c2ccccc21.Cc1ccc([B-](c2ccc(C)cc2)(c2ccc(C)cc2)c2ccc(C)cc2)cc1. The first-order valence-electron chi connectivity index (χ1n) is 20.1. The van der Waals surface area contributed by atoms with Crippen LogP contribution in [0.3, 0.4) is 0 Å². The lowest BCUT2D eigenvalue weighted by Crippen LogP contribution is -2.74. The Morgan fingerprint density at radius 3 is 1.30 bits per heavy atom. The van der Waals surface area contributed by atoms with Gasteiger partial charge in [-0.25, -0.2) is 0 Å². The summed E-state index contributed by atoms with van der Waals surface area (Å²) in [6, 6.07) is 53.8. The highest BCUT2D eigenvalue weighted by molar-refractivity contribution is 7.19. The number of hydrogen-bond donors (Lipinski definition) is 0. The number of rotatable bonds is 6. The first-order chi connectivity index (χ1) is 26.8. The van der Waals surface area contributed by atoms with Gasteiger partial charge in [0.2, 0.25) is 5.69 Å². The average Bonchev–Trinajstić information content (AvgIpc) is 3.51. The molecule has 0 fully saturated rings. The molecular weight excluding hydrogens is 675 g/mol. The number of likely N-dealkylation sites (N-methyl/N-ethyl adjacent to an activating group) is 1. The number of nitrogens with zero attached hydrogens (tertiary/aromatic N) is 2. The van der Waals surface area contributed by atoms with E-state index < -0.39 is 6.15 Å². The Bertz CT molecular complexity index is 2260. The molecule has 0 unspecified atom stereocenters. The van der Waals surface area contributed by atoms with E-state index in [1.807, 2.05) is 0 Å². The van der Waals surface area contributed by atoms with Crippen molar-refractivity contribution in [3.63, 3.8) is 0 Å². The van der Waals surface area contributed by atoms with Gasteiger partial charge in [-0.15, -0.1) is 0 Å². The topological polar surface area (TPSA) is 6.25 Å². The summed E-state index contributed by atoms with van der Waals surface area (Å²) < 4.78 is 2.32. The molecule has 0 saturated heterocycles. The highest BCUT2D eigenvalue weighted by Crippen LogP contribution is 2.46. The molecule has 0 atom stereocenters. The average molecular weight is 733 g/mol. The number of para-hydroxylation sites is 2. The zero-order valence-electron chi connectivity index (χ0n) is 35.1. The van der Waals surface area contributed by atoms with Crippen molar-refractivity contribution < 1.29 is 4.58 Å². The lowest BCUT2D eigenvalue weighted by Gasteiger charge is -2.44. The van der Waals surface area contributed by atoms with Crippen LogP contribution in [0.5, 0.6) is 0 Å². The van der Waals surface area contributed by atoms with Crippen LogP contribution in [0.4, 0.5) is 11.4 Å². The molecule has 0 N–H and O–H groups in total. The van der Waals surface area contributed by atoms with Crippen molar-refractivity contribution in [2.45, 2.75) is 66.2 Å². The van der Waals surface area contributed by atoms with E-state index in [-0.39, 0.29) is 10.8 Å². The molecular formula is C53H57BN2. The summed E-state index contributed by atoms with van der Waals surface area (Å²) in [5.74, 6) is 0. The van der Waals surface area contributed by atoms with E-state index in [0.717, 1.165) is 0 Å². The van der Waals surface area contributed by atoms with Crippen LogP contribution in [-0.4, -0.2) is 30.5 Å². The van der Waals surface area contributed by atoms with Crippen molar-refractivity contribution in [2.75, 3.05) is 19.0 Å². The van der Waals surface area contributed by atoms with Gasteiger partial charge in [-0.2, -0.15) is 26.4 Å². The lowest BCUT2D eigenvalue weighted by molar-refractivity contribution is -0.401. The Hall–Kier alpha value is -5.67. The number of benzene rings is 6. The molecule has 0 amide bonds. The van der Waals surface area contributed by atoms with Crippen LogP contribution in [0, 0.1) is 27.7 Å². The first-order valence-corrected chi connectivity index (χ1v) is 20.1. The van der Waals surface area contributed by atoms with Crippen LogP contribution >= 0.6 is 0 Å². The largest absolute Gasteiger partial charge is 0.347 e. The summed E-state index contributed by atoms with van der Waals surface area (Å²) in [4.78, 5) is 2.32. The number of aryl methyl sites for hydroxylation is 4. The second-order valence-corrected chi connectivity index (χ2v) is 17.2. The van der Waals surface area contributed by atoms with E-state index in [9.17, 15) is 0 Å². The fourth-order valence-corrected chi connectivity index (χ4v) is 9.41. The van der Waals surface area contributed by atoms with Crippen LogP contribution in [0.15, 0.2) is 170 Å². The second-order valence-electron chi connectivity index (χ2n) is 17.2. The fourth-order valence-electron chi connectivity index (χ4n) is 9.41. The van der Waals surface area contributed by atoms with Crippen LogP contribution < -0.4 is 26.8 Å². The molecule has 0 aromatic heterocycles. The molecule has 2 nitrogen and oxygen atoms in total. The van der Waals surface area contributed by atoms with Gasteiger partial charge >= 0.3 is 0 Å². The van der Waals surface area contributed by atoms with Crippen LogP contribution in [0.1, 0.15) is 61.1 Å². The summed E-state index contributed by atoms with van der Waals surface area (Å²) in [6.45, 7) is 17.9. The Morgan fingerprint density at radius 2 is 0.893 bits per heavy atom. The fraction of sp³-hybridized carbons (Fsp3) is 0.226. The molecule has 0 saturated carbocycles. The predicted octanol–water partition coefficient (Wildman–Crippen LogP) is 9.86. The minimum Gasteiger partial charge on any atom is -0.347 e. The van der Waals surface area contributed by atoms with Crippen molar-refractivity contribution >= 4 is 45.1 Å². The van der Waals surface area contributed by atoms with Crippen molar-refractivity contribution in [1.29, 1.82) is 0 Å². The molecule has 2 aliphatic rings. The van der Waals surface area contributed by atoms with Gasteiger partial charge in [0.1, 0.15) is 13.2 Å². The van der Waals surface area contributed by atoms with Crippen LogP contribution in [0.25, 0.3) is 0 Å². The van der Waals surface area contributed by atoms with Crippen molar-refractivity contribution in [3.05, 3.63) is 203 Å². The monoisotopic (exact) mass is 732 g/mol. The van der Waals surface area contributed by atoms with Gasteiger partial charge in [-0.1, -0.05) is 176 Å². The second kappa shape index (κ2) is 15.1. The van der Waals surface area contributed by atoms with E-state index in [4.69, 9.17) is 0 Å². The number of hydrogen-bond acceptors (Lipinski definition) is 1. The van der Waals surface area contributed by atoms with E-state index in [0.29, 0.717) is 0 Å². The van der Waals surface area contributed by atoms with Gasteiger partial charge in [0.15, 0.2) is 5.71 Å². The highest BCUT2D eigenvalue weighted by Gasteiger charge is 2.43. The Morgan fingerprint density at radius 1 is 0.500 bits per heavy atom. The third kappa shape index (κ3) is 6.79. The molecule has 3 heteroatoms. The Balaban J connectivity index is 0.000000172. The quantitative estimate of drug-likeness (QED) is 0.122. The first kappa shape index (κ1) is 38.6. The highest BCUT2D eigenvalue weighted by atomic mass is 15.2. The van der Waals surface area contributed by atoms with Gasteiger partial charge in [-0.3, -0.25) is 0 Å². The van der Waals surface area contributed by atoms with Crippen molar-refractivity contribution in [2.24, 2.45) is 0 Å². The lowest BCUT2D eigenvalue weighted by atomic mass is 9.13. The summed E-state index contributed by atoms with van der Waals surface area (Å²) >= 11 is 0. The maximum absolute atomic E-state index is 2.32. The third-order valence-electron chi connectivity index (χ3n) is 12.7. The summed E-state index contributed by atoms with van der Waals surface area (Å²) in [5.41, 5.74) is 18.7. The Labute approximate surface area is 336 Å². The van der Waals surface area contributed by atoms with Crippen molar-refractivity contribution in [3.8, 4) is 0 Å². The molecule has 0 radical (unpaired) electrons. The molecule has 6 aromatic carbocycles. The molecule has 0 aliphatic carbocycles. The van der Waals surface area contributed by atoms with Gasteiger partial charge < -0.3 is 4.90 Å². The van der Waals surface area contributed by atoms with Gasteiger partial charge in [0.05, 0.1) is 5.41 Å². The normalized spacial score (nSPS) is 16.2. The van der Waals surface area contributed by atoms with E-state index in [1.54, 1.807) is 0 Å². The number of anilines is 1. The minimum absolute atomic E-state index is 0.0143. The van der Waals surface area contributed by atoms with E-state index in [1.165, 1.54) is 78.0 Å². The zero-order chi connectivity index (χ0) is 39.8. The summed E-state index contributed by atoms with van der Waals surface area (Å²) in [7, 11) is 4.34. The van der Waals surface area contributed by atoms with E-state index in [2.05, 4.69) is 243 Å². The van der Waals surface area contributed by atoms with Crippen molar-refractivity contribution in [1.82, 2.24) is 0 Å². The molecule has 282 valence electrons. The number of fused-ring (bicyclic) bond motifs is 2. The van der Waals surface area contributed by atoms with Gasteiger partial charge in [-0.05, 0) is 59.2 Å². The maximum atomic E-state index is 2.32. The van der Waals surface area contributed by atoms with Crippen LogP contribution in [-0.2, 0) is 10.8 Å². The molecule has 0 spiro atoms. The maximum Gasteiger partial charge on any atom is 0.209 e. The Kier molecular flexibility index (Phi) is 10.4. The number of allylic oxidation sites excluding steroid dienone is 4. The predicted molar refractivity (Wildman–Crippen MR) is 244 cm³/mol. The molecule has 0 bridgehead atoms. The standard InChI is InChI=1S/C28H28B.C25H29N2/c1-21-5-13-25(14-6-21)29(26-15-7-22(2)8-16-26,27-17-9-23(3)10-18-27)28-19-11-24(4)12-20-28;1-24(2)18-12-7-9-14-20(18)26(5)22(24)16-11-17-23-25(3,4)19-13-8-10-15-21(19)27(23)6/h5-20H,1-4H3;7-17H,1-6H3/q-1;+1. The molecule has 56 heavy (non-hydrogen) atoms. The molecule has 8 rings (SSSR count). The van der Waals surface area contributed by atoms with Crippen LogP contribution in [0.2, 0.25) is 0 Å². The minimum atomic E-state index is -1.27. The van der Waals surface area contributed by atoms with E-state index >= 15 is 0 Å².